The Morgan fingerprint density at radius 1 is 1.18 bits per heavy atom. The molecule has 10 nitrogen and oxygen atoms in total. The van der Waals surface area contributed by atoms with E-state index in [1.165, 1.54) is 31.8 Å². The van der Waals surface area contributed by atoms with E-state index < -0.39 is 18.0 Å². The second-order valence-electron chi connectivity index (χ2n) is 8.05. The van der Waals surface area contributed by atoms with Crippen LogP contribution in [0, 0.1) is 18.8 Å². The number of halogens is 2. The topological polar surface area (TPSA) is 141 Å². The first kappa shape index (κ1) is 27.2. The van der Waals surface area contributed by atoms with Gasteiger partial charge in [-0.3, -0.25) is 25.1 Å². The van der Waals surface area contributed by atoms with Crippen LogP contribution in [0.5, 0.6) is 5.75 Å². The maximum absolute atomic E-state index is 13.4. The molecule has 1 amide bonds. The highest BCUT2D eigenvalue weighted by atomic mass is 32.1. The molecule has 3 N–H and O–H groups in total. The maximum atomic E-state index is 13.4. The van der Waals surface area contributed by atoms with E-state index in [1.54, 1.807) is 33.0 Å². The molecule has 13 heteroatoms. The summed E-state index contributed by atoms with van der Waals surface area (Å²) in [6, 6.07) is 2.81. The van der Waals surface area contributed by atoms with E-state index >= 15 is 0 Å². The van der Waals surface area contributed by atoms with Crippen LogP contribution in [0.1, 0.15) is 40.8 Å². The van der Waals surface area contributed by atoms with E-state index in [2.05, 4.69) is 47.1 Å². The van der Waals surface area contributed by atoms with Crippen LogP contribution >= 0.6 is 11.3 Å². The number of hydrogen-bond acceptors (Lipinski definition) is 10. The third kappa shape index (κ3) is 6.36. The number of allylic oxidation sites excluding steroid dienone is 2. The lowest BCUT2D eigenvalue weighted by molar-refractivity contribution is 0.102. The van der Waals surface area contributed by atoms with Crippen LogP contribution in [0.3, 0.4) is 0 Å². The summed E-state index contributed by atoms with van der Waals surface area (Å²) in [5.41, 5.74) is 8.52. The summed E-state index contributed by atoms with van der Waals surface area (Å²) in [4.78, 5) is 38.7. The highest BCUT2D eigenvalue weighted by molar-refractivity contribution is 7.21. The Balaban J connectivity index is 1.65. The molecule has 0 fully saturated rings. The van der Waals surface area contributed by atoms with Crippen LogP contribution in [0.4, 0.5) is 13.9 Å². The van der Waals surface area contributed by atoms with Crippen molar-refractivity contribution in [1.82, 2.24) is 24.9 Å². The number of pyridine rings is 2. The summed E-state index contributed by atoms with van der Waals surface area (Å²) in [6.45, 7) is 3.53. The van der Waals surface area contributed by atoms with Crippen LogP contribution in [-0.2, 0) is 0 Å². The lowest BCUT2D eigenvalue weighted by Crippen LogP contribution is -2.14. The van der Waals surface area contributed by atoms with Gasteiger partial charge in [0, 0.05) is 35.8 Å². The molecular weight excluding hydrogens is 526 g/mol. The molecule has 0 atom stereocenters. The number of methoxy groups -OCH3 is 1. The fraction of sp³-hybridized carbons (Fsp3) is 0.192. The van der Waals surface area contributed by atoms with Gasteiger partial charge >= 0.3 is 0 Å². The van der Waals surface area contributed by atoms with Gasteiger partial charge in [0.25, 0.3) is 12.3 Å². The lowest BCUT2D eigenvalue weighted by Gasteiger charge is -2.14. The molecule has 39 heavy (non-hydrogen) atoms. The number of alkyl halides is 2. The lowest BCUT2D eigenvalue weighted by atomic mass is 9.99. The summed E-state index contributed by atoms with van der Waals surface area (Å²) in [7, 11) is 3.04. The minimum atomic E-state index is -2.80. The van der Waals surface area contributed by atoms with Gasteiger partial charge in [-0.25, -0.2) is 18.7 Å². The first-order valence-corrected chi connectivity index (χ1v) is 12.2. The number of carbonyl (C=O) groups is 1. The Kier molecular flexibility index (Phi) is 8.16. The standard InChI is InChI=1S/C26H22F2N8O2S/c1-13(30-3)7-15(29)5-6-16-10-33-23-25(34-16)39-26(35-23)36-24(37)19-11-31-14(2)8-17(19)18-9-20(22(27)28)32-12-21(18)38-4/h7-12,22H,29H2,1-4H3,(H,33,35,36,37)/b15-7-,30-13?. The Labute approximate surface area is 226 Å². The van der Waals surface area contributed by atoms with Crippen LogP contribution < -0.4 is 15.8 Å². The van der Waals surface area contributed by atoms with Gasteiger partial charge in [-0.1, -0.05) is 11.3 Å². The number of nitrogens with zero attached hydrogens (tertiary/aromatic N) is 6. The fourth-order valence-corrected chi connectivity index (χ4v) is 4.17. The number of aryl methyl sites for hydroxylation is 1. The van der Waals surface area contributed by atoms with Crippen molar-refractivity contribution in [1.29, 1.82) is 0 Å². The SMILES string of the molecule is CN=C(C)/C=C(\N)C#Cc1cnc2nc(NC(=O)c3cnc(C)cc3-c3cc(C(F)F)ncc3OC)sc2n1. The number of hydrogen-bond donors (Lipinski definition) is 2. The van der Waals surface area contributed by atoms with E-state index in [0.29, 0.717) is 33.1 Å². The van der Waals surface area contributed by atoms with Gasteiger partial charge in [0.1, 0.15) is 17.1 Å². The Hall–Kier alpha value is -4.83. The zero-order valence-electron chi connectivity index (χ0n) is 21.3. The van der Waals surface area contributed by atoms with Gasteiger partial charge in [0.15, 0.2) is 15.6 Å². The molecule has 0 saturated carbocycles. The summed E-state index contributed by atoms with van der Waals surface area (Å²) in [5, 5.41) is 2.95. The molecule has 0 saturated heterocycles. The molecule has 4 aromatic heterocycles. The van der Waals surface area contributed by atoms with Crippen LogP contribution in [-0.4, -0.2) is 50.7 Å². The van der Waals surface area contributed by atoms with Crippen molar-refractivity contribution < 1.29 is 18.3 Å². The molecule has 0 aliphatic rings. The van der Waals surface area contributed by atoms with Gasteiger partial charge in [-0.05, 0) is 43.9 Å². The summed E-state index contributed by atoms with van der Waals surface area (Å²) in [5.74, 6) is 5.30. The molecule has 0 aliphatic carbocycles. The van der Waals surface area contributed by atoms with Gasteiger partial charge in [-0.15, -0.1) is 0 Å². The van der Waals surface area contributed by atoms with Crippen LogP contribution in [0.25, 0.3) is 21.6 Å². The Morgan fingerprint density at radius 3 is 2.69 bits per heavy atom. The molecular formula is C26H22F2N8O2S. The van der Waals surface area contributed by atoms with Crippen molar-refractivity contribution >= 4 is 38.6 Å². The highest BCUT2D eigenvalue weighted by Crippen LogP contribution is 2.35. The van der Waals surface area contributed by atoms with Crippen LogP contribution in [0.2, 0.25) is 0 Å². The number of nitrogens with two attached hydrogens (primary N) is 1. The predicted molar refractivity (Wildman–Crippen MR) is 145 cm³/mol. The Morgan fingerprint density at radius 2 is 1.97 bits per heavy atom. The van der Waals surface area contributed by atoms with Crippen molar-refractivity contribution in [3.63, 3.8) is 0 Å². The number of carbonyl (C=O) groups excluding carboxylic acids is 1. The van der Waals surface area contributed by atoms with Gasteiger partial charge in [-0.2, -0.15) is 4.98 Å². The fourth-order valence-electron chi connectivity index (χ4n) is 3.38. The molecule has 4 heterocycles. The number of aromatic nitrogens is 5. The monoisotopic (exact) mass is 548 g/mol. The number of aliphatic imine (C=N–C) groups is 1. The molecule has 0 spiro atoms. The predicted octanol–water partition coefficient (Wildman–Crippen LogP) is 4.34. The number of anilines is 1. The summed E-state index contributed by atoms with van der Waals surface area (Å²) < 4.78 is 32.1. The zero-order chi connectivity index (χ0) is 28.1. The molecule has 4 aromatic rings. The first-order valence-electron chi connectivity index (χ1n) is 11.3. The number of amides is 1. The molecule has 198 valence electrons. The largest absolute Gasteiger partial charge is 0.494 e. The van der Waals surface area contributed by atoms with E-state index in [0.717, 1.165) is 17.0 Å². The van der Waals surface area contributed by atoms with Crippen molar-refractivity contribution in [3.8, 4) is 28.7 Å². The number of rotatable bonds is 6. The van der Waals surface area contributed by atoms with Gasteiger partial charge in [0.05, 0.1) is 30.8 Å². The van der Waals surface area contributed by atoms with Gasteiger partial charge < -0.3 is 10.5 Å². The molecule has 0 aliphatic heterocycles. The average molecular weight is 549 g/mol. The molecule has 0 aromatic carbocycles. The normalized spacial score (nSPS) is 11.9. The minimum Gasteiger partial charge on any atom is -0.494 e. The first-order chi connectivity index (χ1) is 18.7. The average Bonchev–Trinajstić information content (AvgIpc) is 3.32. The molecule has 4 rings (SSSR count). The number of nitrogens with one attached hydrogen (secondary N) is 1. The molecule has 0 radical (unpaired) electrons. The van der Waals surface area contributed by atoms with E-state index in [-0.39, 0.29) is 22.0 Å². The van der Waals surface area contributed by atoms with Crippen molar-refractivity contribution in [2.45, 2.75) is 20.3 Å². The molecule has 0 bridgehead atoms. The van der Waals surface area contributed by atoms with E-state index in [1.807, 2.05) is 0 Å². The number of ether oxygens (including phenoxy) is 1. The Bertz CT molecular complexity index is 1690. The van der Waals surface area contributed by atoms with Crippen molar-refractivity contribution in [2.24, 2.45) is 10.7 Å². The third-order valence-corrected chi connectivity index (χ3v) is 6.16. The highest BCUT2D eigenvalue weighted by Gasteiger charge is 2.21. The minimum absolute atomic E-state index is 0.130. The summed E-state index contributed by atoms with van der Waals surface area (Å²) in [6.07, 6.45) is 2.86. The van der Waals surface area contributed by atoms with E-state index in [4.69, 9.17) is 10.5 Å². The zero-order valence-corrected chi connectivity index (χ0v) is 22.1. The van der Waals surface area contributed by atoms with E-state index in [9.17, 15) is 13.6 Å². The van der Waals surface area contributed by atoms with Crippen LogP contribution in [0.15, 0.2) is 47.5 Å². The van der Waals surface area contributed by atoms with Crippen molar-refractivity contribution in [3.05, 3.63) is 65.1 Å². The second-order valence-corrected chi connectivity index (χ2v) is 9.03. The van der Waals surface area contributed by atoms with Gasteiger partial charge in [0.2, 0.25) is 0 Å². The quantitative estimate of drug-likeness (QED) is 0.268. The number of fused-ring (bicyclic) bond motifs is 1. The second kappa shape index (κ2) is 11.7. The third-order valence-electron chi connectivity index (χ3n) is 5.30. The summed E-state index contributed by atoms with van der Waals surface area (Å²) >= 11 is 1.10. The number of thiazole rings is 1. The van der Waals surface area contributed by atoms with Crippen molar-refractivity contribution in [2.75, 3.05) is 19.5 Å². The smallest absolute Gasteiger partial charge is 0.280 e. The molecule has 0 unspecified atom stereocenters. The maximum Gasteiger partial charge on any atom is 0.280 e.